The second-order valence-corrected chi connectivity index (χ2v) is 5.07. The van der Waals surface area contributed by atoms with Crippen molar-refractivity contribution >= 4 is 23.5 Å². The van der Waals surface area contributed by atoms with E-state index >= 15 is 0 Å². The van der Waals surface area contributed by atoms with Crippen LogP contribution < -0.4 is 15.0 Å². The number of carbonyl (C=O) groups is 1. The van der Waals surface area contributed by atoms with Gasteiger partial charge in [0.05, 0.1) is 13.2 Å². The van der Waals surface area contributed by atoms with Gasteiger partial charge in [0.25, 0.3) is 0 Å². The quantitative estimate of drug-likeness (QED) is 0.810. The number of aromatic nitrogens is 3. The first-order valence-electron chi connectivity index (χ1n) is 6.63. The molecule has 8 heteroatoms. The molecule has 0 bridgehead atoms. The van der Waals surface area contributed by atoms with Crippen molar-refractivity contribution in [1.29, 1.82) is 0 Å². The monoisotopic (exact) mass is 299 g/mol. The SMILES string of the molecule is CCCOc1nc(Cl)nc(N(C)CC(=O)NC2CC2)n1. The van der Waals surface area contributed by atoms with E-state index in [-0.39, 0.29) is 23.7 Å². The van der Waals surface area contributed by atoms with Crippen LogP contribution in [0.4, 0.5) is 5.95 Å². The van der Waals surface area contributed by atoms with Crippen molar-refractivity contribution in [2.75, 3.05) is 25.1 Å². The summed E-state index contributed by atoms with van der Waals surface area (Å²) in [6.07, 6.45) is 2.96. The second-order valence-electron chi connectivity index (χ2n) is 4.73. The highest BCUT2D eigenvalue weighted by Crippen LogP contribution is 2.19. The van der Waals surface area contributed by atoms with Crippen LogP contribution in [0.2, 0.25) is 5.28 Å². The minimum Gasteiger partial charge on any atom is -0.463 e. The zero-order chi connectivity index (χ0) is 14.5. The molecule has 1 N–H and O–H groups in total. The summed E-state index contributed by atoms with van der Waals surface area (Å²) in [7, 11) is 1.72. The third-order valence-electron chi connectivity index (χ3n) is 2.68. The molecule has 1 fully saturated rings. The minimum absolute atomic E-state index is 0.0514. The van der Waals surface area contributed by atoms with Crippen molar-refractivity contribution in [1.82, 2.24) is 20.3 Å². The van der Waals surface area contributed by atoms with Crippen LogP contribution in [0.1, 0.15) is 26.2 Å². The number of nitrogens with zero attached hydrogens (tertiary/aromatic N) is 4. The average molecular weight is 300 g/mol. The molecule has 0 aromatic carbocycles. The maximum Gasteiger partial charge on any atom is 0.322 e. The normalized spacial score (nSPS) is 13.9. The highest BCUT2D eigenvalue weighted by atomic mass is 35.5. The van der Waals surface area contributed by atoms with Gasteiger partial charge in [0.1, 0.15) is 0 Å². The van der Waals surface area contributed by atoms with Gasteiger partial charge in [-0.2, -0.15) is 15.0 Å². The molecule has 20 heavy (non-hydrogen) atoms. The zero-order valence-corrected chi connectivity index (χ0v) is 12.4. The fourth-order valence-electron chi connectivity index (χ4n) is 1.54. The molecule has 7 nitrogen and oxygen atoms in total. The van der Waals surface area contributed by atoms with Crippen LogP contribution >= 0.6 is 11.6 Å². The van der Waals surface area contributed by atoms with Gasteiger partial charge in [-0.15, -0.1) is 0 Å². The van der Waals surface area contributed by atoms with Crippen molar-refractivity contribution in [3.05, 3.63) is 5.28 Å². The van der Waals surface area contributed by atoms with Gasteiger partial charge in [0.2, 0.25) is 17.1 Å². The zero-order valence-electron chi connectivity index (χ0n) is 11.6. The van der Waals surface area contributed by atoms with Crippen molar-refractivity contribution in [2.24, 2.45) is 0 Å². The van der Waals surface area contributed by atoms with Crippen molar-refractivity contribution in [2.45, 2.75) is 32.2 Å². The summed E-state index contributed by atoms with van der Waals surface area (Å²) in [5, 5.41) is 2.95. The van der Waals surface area contributed by atoms with Crippen LogP contribution in [-0.2, 0) is 4.79 Å². The third kappa shape index (κ3) is 4.48. The number of anilines is 1. The van der Waals surface area contributed by atoms with E-state index in [1.807, 2.05) is 6.92 Å². The lowest BCUT2D eigenvalue weighted by molar-refractivity contribution is -0.119. The fraction of sp³-hybridized carbons (Fsp3) is 0.667. The Balaban J connectivity index is 1.98. The number of amides is 1. The van der Waals surface area contributed by atoms with Crippen molar-refractivity contribution in [3.8, 4) is 6.01 Å². The lowest BCUT2D eigenvalue weighted by Crippen LogP contribution is -2.37. The maximum atomic E-state index is 11.7. The van der Waals surface area contributed by atoms with E-state index in [1.54, 1.807) is 11.9 Å². The highest BCUT2D eigenvalue weighted by Gasteiger charge is 2.24. The molecule has 1 aliphatic carbocycles. The highest BCUT2D eigenvalue weighted by molar-refractivity contribution is 6.28. The second kappa shape index (κ2) is 6.69. The van der Waals surface area contributed by atoms with Gasteiger partial charge in [0, 0.05) is 13.1 Å². The Morgan fingerprint density at radius 2 is 2.20 bits per heavy atom. The van der Waals surface area contributed by atoms with E-state index in [0.29, 0.717) is 18.6 Å². The van der Waals surface area contributed by atoms with E-state index in [1.165, 1.54) is 0 Å². The number of ether oxygens (including phenoxy) is 1. The molecule has 0 radical (unpaired) electrons. The van der Waals surface area contributed by atoms with Crippen LogP contribution in [0.25, 0.3) is 0 Å². The molecule has 0 atom stereocenters. The lowest BCUT2D eigenvalue weighted by atomic mass is 10.5. The molecule has 0 unspecified atom stereocenters. The summed E-state index contributed by atoms with van der Waals surface area (Å²) >= 11 is 5.83. The molecule has 1 aliphatic rings. The Morgan fingerprint density at radius 1 is 1.45 bits per heavy atom. The van der Waals surface area contributed by atoms with Crippen LogP contribution in [-0.4, -0.2) is 47.1 Å². The maximum absolute atomic E-state index is 11.7. The topological polar surface area (TPSA) is 80.2 Å². The average Bonchev–Trinajstić information content (AvgIpc) is 3.19. The first-order chi connectivity index (χ1) is 9.58. The van der Waals surface area contributed by atoms with Gasteiger partial charge in [0.15, 0.2) is 0 Å². The van der Waals surface area contributed by atoms with Gasteiger partial charge in [-0.1, -0.05) is 6.92 Å². The van der Waals surface area contributed by atoms with E-state index in [9.17, 15) is 4.79 Å². The Morgan fingerprint density at radius 3 is 2.85 bits per heavy atom. The van der Waals surface area contributed by atoms with Gasteiger partial charge in [-0.3, -0.25) is 4.79 Å². The first kappa shape index (κ1) is 14.8. The van der Waals surface area contributed by atoms with Crippen molar-refractivity contribution in [3.63, 3.8) is 0 Å². The molecule has 0 aliphatic heterocycles. The number of likely N-dealkylation sites (N-methyl/N-ethyl adjacent to an activating group) is 1. The van der Waals surface area contributed by atoms with E-state index in [2.05, 4.69) is 20.3 Å². The number of hydrogen-bond acceptors (Lipinski definition) is 6. The fourth-order valence-corrected chi connectivity index (χ4v) is 1.69. The summed E-state index contributed by atoms with van der Waals surface area (Å²) in [4.78, 5) is 25.4. The molecule has 1 aromatic rings. The smallest absolute Gasteiger partial charge is 0.322 e. The Kier molecular flexibility index (Phi) is 4.94. The number of rotatable bonds is 7. The summed E-state index contributed by atoms with van der Waals surface area (Å²) in [6.45, 7) is 2.66. The molecule has 1 amide bonds. The third-order valence-corrected chi connectivity index (χ3v) is 2.84. The van der Waals surface area contributed by atoms with Crippen LogP contribution in [0.3, 0.4) is 0 Å². The van der Waals surface area contributed by atoms with Crippen LogP contribution in [0, 0.1) is 0 Å². The molecular formula is C12H18ClN5O2. The van der Waals surface area contributed by atoms with Gasteiger partial charge >= 0.3 is 6.01 Å². The van der Waals surface area contributed by atoms with E-state index in [0.717, 1.165) is 19.3 Å². The molecular weight excluding hydrogens is 282 g/mol. The van der Waals surface area contributed by atoms with Gasteiger partial charge in [-0.25, -0.2) is 0 Å². The Labute approximate surface area is 122 Å². The summed E-state index contributed by atoms with van der Waals surface area (Å²) in [6, 6.07) is 0.512. The van der Waals surface area contributed by atoms with Crippen LogP contribution in [0.5, 0.6) is 6.01 Å². The number of nitrogens with one attached hydrogen (secondary N) is 1. The summed E-state index contributed by atoms with van der Waals surface area (Å²) in [5.74, 6) is 0.268. The number of carbonyl (C=O) groups excluding carboxylic acids is 1. The molecule has 2 rings (SSSR count). The molecule has 1 saturated carbocycles. The number of hydrogen-bond donors (Lipinski definition) is 1. The van der Waals surface area contributed by atoms with E-state index < -0.39 is 0 Å². The van der Waals surface area contributed by atoms with E-state index in [4.69, 9.17) is 16.3 Å². The van der Waals surface area contributed by atoms with Gasteiger partial charge < -0.3 is 15.0 Å². The largest absolute Gasteiger partial charge is 0.463 e. The molecule has 0 saturated heterocycles. The lowest BCUT2D eigenvalue weighted by Gasteiger charge is -2.17. The minimum atomic E-state index is -0.0532. The van der Waals surface area contributed by atoms with Gasteiger partial charge in [-0.05, 0) is 30.9 Å². The summed E-state index contributed by atoms with van der Waals surface area (Å²) < 4.78 is 5.33. The first-order valence-corrected chi connectivity index (χ1v) is 7.01. The standard InChI is InChI=1S/C12H18ClN5O2/c1-3-6-20-12-16-10(13)15-11(17-12)18(2)7-9(19)14-8-4-5-8/h8H,3-7H2,1-2H3,(H,14,19). The van der Waals surface area contributed by atoms with Crippen molar-refractivity contribution < 1.29 is 9.53 Å². The Hall–Kier alpha value is -1.63. The predicted octanol–water partition coefficient (Wildman–Crippen LogP) is 1.03. The van der Waals surface area contributed by atoms with Crippen LogP contribution in [0.15, 0.2) is 0 Å². The predicted molar refractivity (Wildman–Crippen MR) is 75.1 cm³/mol. The Bertz CT molecular complexity index is 481. The number of halogens is 1. The molecule has 1 heterocycles. The molecule has 0 spiro atoms. The molecule has 1 aromatic heterocycles. The summed E-state index contributed by atoms with van der Waals surface area (Å²) in [5.41, 5.74) is 0. The molecule has 110 valence electrons.